The third-order valence-corrected chi connectivity index (χ3v) is 5.91. The van der Waals surface area contributed by atoms with E-state index < -0.39 is 15.3 Å². The standard InChI is InChI=1S/C18H15NO5S/c1-11-2-4-12(5-3-11)25(21,22)17-10-19-14-9-16-15(23-6-7-24-16)8-13(14)18(17)20/h2-5,8-10H,6-7H2,1H3,(H,19,20). The topological polar surface area (TPSA) is 85.5 Å². The number of rotatable bonds is 2. The summed E-state index contributed by atoms with van der Waals surface area (Å²) in [5.41, 5.74) is 0.874. The summed E-state index contributed by atoms with van der Waals surface area (Å²) in [7, 11) is -3.91. The molecule has 0 fully saturated rings. The largest absolute Gasteiger partial charge is 0.486 e. The highest BCUT2D eigenvalue weighted by Crippen LogP contribution is 2.33. The van der Waals surface area contributed by atoms with Crippen molar-refractivity contribution in [1.29, 1.82) is 0 Å². The minimum absolute atomic E-state index is 0.0838. The molecule has 2 aromatic carbocycles. The first kappa shape index (κ1) is 15.7. The number of hydrogen-bond acceptors (Lipinski definition) is 5. The zero-order valence-corrected chi connectivity index (χ0v) is 14.2. The molecule has 0 saturated heterocycles. The number of hydrogen-bond donors (Lipinski definition) is 1. The Labute approximate surface area is 143 Å². The van der Waals surface area contributed by atoms with Crippen LogP contribution in [-0.2, 0) is 9.84 Å². The molecular weight excluding hydrogens is 342 g/mol. The van der Waals surface area contributed by atoms with Crippen molar-refractivity contribution in [3.63, 3.8) is 0 Å². The van der Waals surface area contributed by atoms with Crippen LogP contribution < -0.4 is 14.9 Å². The quantitative estimate of drug-likeness (QED) is 0.761. The van der Waals surface area contributed by atoms with Crippen LogP contribution in [0.15, 0.2) is 57.2 Å². The molecule has 4 rings (SSSR count). The van der Waals surface area contributed by atoms with Crippen molar-refractivity contribution < 1.29 is 17.9 Å². The van der Waals surface area contributed by atoms with Crippen LogP contribution in [0.1, 0.15) is 5.56 Å². The van der Waals surface area contributed by atoms with Crippen molar-refractivity contribution in [2.75, 3.05) is 13.2 Å². The van der Waals surface area contributed by atoms with E-state index in [2.05, 4.69) is 4.98 Å². The Morgan fingerprint density at radius 2 is 1.64 bits per heavy atom. The van der Waals surface area contributed by atoms with Gasteiger partial charge in [-0.25, -0.2) is 8.42 Å². The van der Waals surface area contributed by atoms with Gasteiger partial charge in [0.2, 0.25) is 15.3 Å². The number of sulfone groups is 1. The third-order valence-electron chi connectivity index (χ3n) is 4.13. The van der Waals surface area contributed by atoms with Crippen molar-refractivity contribution in [3.05, 3.63) is 58.4 Å². The lowest BCUT2D eigenvalue weighted by molar-refractivity contribution is 0.172. The molecule has 1 aliphatic heterocycles. The number of aromatic nitrogens is 1. The van der Waals surface area contributed by atoms with Crippen molar-refractivity contribution in [1.82, 2.24) is 4.98 Å². The molecule has 0 aliphatic carbocycles. The summed E-state index contributed by atoms with van der Waals surface area (Å²) < 4.78 is 36.6. The zero-order valence-electron chi connectivity index (χ0n) is 13.4. The van der Waals surface area contributed by atoms with E-state index in [0.717, 1.165) is 5.56 Å². The summed E-state index contributed by atoms with van der Waals surface area (Å²) in [5.74, 6) is 0.970. The molecular formula is C18H15NO5S. The molecule has 6 nitrogen and oxygen atoms in total. The molecule has 0 atom stereocenters. The molecule has 0 amide bonds. The molecule has 7 heteroatoms. The molecule has 3 aromatic rings. The van der Waals surface area contributed by atoms with Gasteiger partial charge in [-0.05, 0) is 25.1 Å². The fourth-order valence-corrected chi connectivity index (χ4v) is 4.10. The highest BCUT2D eigenvalue weighted by molar-refractivity contribution is 7.91. The number of pyridine rings is 1. The lowest BCUT2D eigenvalue weighted by Gasteiger charge is -2.18. The maximum absolute atomic E-state index is 12.8. The van der Waals surface area contributed by atoms with Crippen molar-refractivity contribution >= 4 is 20.7 Å². The molecule has 1 N–H and O–H groups in total. The number of H-pyrrole nitrogens is 1. The minimum Gasteiger partial charge on any atom is -0.486 e. The first-order valence-electron chi connectivity index (χ1n) is 7.73. The second kappa shape index (κ2) is 5.63. The van der Waals surface area contributed by atoms with E-state index in [1.54, 1.807) is 18.2 Å². The van der Waals surface area contributed by atoms with Gasteiger partial charge in [0.25, 0.3) is 0 Å². The maximum Gasteiger partial charge on any atom is 0.211 e. The molecule has 128 valence electrons. The van der Waals surface area contributed by atoms with Crippen LogP contribution in [0.25, 0.3) is 10.9 Å². The average Bonchev–Trinajstić information content (AvgIpc) is 2.61. The van der Waals surface area contributed by atoms with Crippen molar-refractivity contribution in [3.8, 4) is 11.5 Å². The van der Waals surface area contributed by atoms with E-state index in [-0.39, 0.29) is 15.2 Å². The van der Waals surface area contributed by atoms with E-state index in [1.165, 1.54) is 24.4 Å². The maximum atomic E-state index is 12.8. The molecule has 25 heavy (non-hydrogen) atoms. The van der Waals surface area contributed by atoms with Gasteiger partial charge < -0.3 is 14.5 Å². The monoisotopic (exact) mass is 357 g/mol. The molecule has 0 saturated carbocycles. The van der Waals surface area contributed by atoms with Crippen molar-refractivity contribution in [2.45, 2.75) is 16.7 Å². The fraction of sp³-hybridized carbons (Fsp3) is 0.167. The van der Waals surface area contributed by atoms with Crippen LogP contribution >= 0.6 is 0 Å². The number of benzene rings is 2. The van der Waals surface area contributed by atoms with E-state index in [0.29, 0.717) is 30.2 Å². The Hall–Kier alpha value is -2.80. The van der Waals surface area contributed by atoms with Gasteiger partial charge in [0.05, 0.1) is 15.8 Å². The predicted octanol–water partition coefficient (Wildman–Crippen LogP) is 2.44. The molecule has 0 spiro atoms. The van der Waals surface area contributed by atoms with Crippen molar-refractivity contribution in [2.24, 2.45) is 0 Å². The van der Waals surface area contributed by atoms with Crippen LogP contribution in [0.2, 0.25) is 0 Å². The second-order valence-electron chi connectivity index (χ2n) is 5.84. The van der Waals surface area contributed by atoms with Crippen LogP contribution in [-0.4, -0.2) is 26.6 Å². The number of aryl methyl sites for hydroxylation is 1. The SMILES string of the molecule is Cc1ccc(S(=O)(=O)c2c[nH]c3cc4c(cc3c2=O)OCCO4)cc1. The number of aromatic amines is 1. The van der Waals surface area contributed by atoms with Gasteiger partial charge in [0.1, 0.15) is 18.1 Å². The summed E-state index contributed by atoms with van der Waals surface area (Å²) in [5, 5.41) is 0.248. The first-order chi connectivity index (χ1) is 12.0. The molecule has 1 aliphatic rings. The normalized spacial score (nSPS) is 13.8. The number of fused-ring (bicyclic) bond motifs is 2. The lowest BCUT2D eigenvalue weighted by atomic mass is 10.2. The summed E-state index contributed by atoms with van der Waals surface area (Å²) in [4.78, 5) is 15.5. The van der Waals surface area contributed by atoms with Crippen LogP contribution in [0, 0.1) is 6.92 Å². The van der Waals surface area contributed by atoms with Crippen LogP contribution in [0.4, 0.5) is 0 Å². The van der Waals surface area contributed by atoms with E-state index >= 15 is 0 Å². The van der Waals surface area contributed by atoms with Crippen LogP contribution in [0.5, 0.6) is 11.5 Å². The van der Waals surface area contributed by atoms with E-state index in [9.17, 15) is 13.2 Å². The fourth-order valence-electron chi connectivity index (χ4n) is 2.78. The summed E-state index contributed by atoms with van der Waals surface area (Å²) in [6.45, 7) is 2.69. The summed E-state index contributed by atoms with van der Waals surface area (Å²) in [6, 6.07) is 9.56. The van der Waals surface area contributed by atoms with Gasteiger partial charge in [-0.15, -0.1) is 0 Å². The Morgan fingerprint density at radius 1 is 1.00 bits per heavy atom. The second-order valence-corrected chi connectivity index (χ2v) is 7.76. The minimum atomic E-state index is -3.91. The average molecular weight is 357 g/mol. The lowest BCUT2D eigenvalue weighted by Crippen LogP contribution is -2.18. The predicted molar refractivity (Wildman–Crippen MR) is 92.2 cm³/mol. The third kappa shape index (κ3) is 2.56. The van der Waals surface area contributed by atoms with Crippen LogP contribution in [0.3, 0.4) is 0 Å². The zero-order chi connectivity index (χ0) is 17.6. The van der Waals surface area contributed by atoms with Gasteiger partial charge in [0.15, 0.2) is 11.5 Å². The summed E-state index contributed by atoms with van der Waals surface area (Å²) in [6.07, 6.45) is 1.23. The van der Waals surface area contributed by atoms with Gasteiger partial charge in [-0.3, -0.25) is 4.79 Å². The van der Waals surface area contributed by atoms with E-state index in [4.69, 9.17) is 9.47 Å². The molecule has 0 radical (unpaired) electrons. The Balaban J connectivity index is 1.92. The first-order valence-corrected chi connectivity index (χ1v) is 9.22. The number of ether oxygens (including phenoxy) is 2. The number of nitrogens with one attached hydrogen (secondary N) is 1. The smallest absolute Gasteiger partial charge is 0.211 e. The molecule has 2 heterocycles. The van der Waals surface area contributed by atoms with Gasteiger partial charge >= 0.3 is 0 Å². The highest BCUT2D eigenvalue weighted by Gasteiger charge is 2.23. The highest BCUT2D eigenvalue weighted by atomic mass is 32.2. The Morgan fingerprint density at radius 3 is 2.32 bits per heavy atom. The molecule has 0 unspecified atom stereocenters. The summed E-state index contributed by atoms with van der Waals surface area (Å²) >= 11 is 0. The van der Waals surface area contributed by atoms with Gasteiger partial charge in [-0.1, -0.05) is 17.7 Å². The molecule has 1 aromatic heterocycles. The van der Waals surface area contributed by atoms with Gasteiger partial charge in [0, 0.05) is 12.3 Å². The molecule has 0 bridgehead atoms. The van der Waals surface area contributed by atoms with E-state index in [1.807, 2.05) is 6.92 Å². The Kier molecular flexibility index (Phi) is 3.54. The Bertz CT molecular complexity index is 1130. The van der Waals surface area contributed by atoms with Gasteiger partial charge in [-0.2, -0.15) is 0 Å².